The molecule has 33 heavy (non-hydrogen) atoms. The van der Waals surface area contributed by atoms with Crippen LogP contribution < -0.4 is 10.2 Å². The minimum absolute atomic E-state index is 0.135. The summed E-state index contributed by atoms with van der Waals surface area (Å²) in [5.74, 6) is -0.170. The Balaban J connectivity index is 1.51. The van der Waals surface area contributed by atoms with Gasteiger partial charge in [0, 0.05) is 43.8 Å². The number of carbonyl (C=O) groups is 3. The average molecular weight is 450 g/mol. The highest BCUT2D eigenvalue weighted by Gasteiger charge is 2.28. The molecule has 2 aromatic rings. The van der Waals surface area contributed by atoms with E-state index in [2.05, 4.69) is 17.1 Å². The Morgan fingerprint density at radius 1 is 1.06 bits per heavy atom. The lowest BCUT2D eigenvalue weighted by molar-refractivity contribution is -0.384. The van der Waals surface area contributed by atoms with Crippen LogP contribution in [0.15, 0.2) is 42.5 Å². The van der Waals surface area contributed by atoms with E-state index in [-0.39, 0.29) is 42.5 Å². The van der Waals surface area contributed by atoms with Gasteiger partial charge in [0.15, 0.2) is 0 Å². The lowest BCUT2D eigenvalue weighted by Gasteiger charge is -2.33. The van der Waals surface area contributed by atoms with E-state index in [1.165, 1.54) is 17.0 Å². The molecule has 9 nitrogen and oxygen atoms in total. The summed E-state index contributed by atoms with van der Waals surface area (Å²) in [4.78, 5) is 50.9. The van der Waals surface area contributed by atoms with Gasteiger partial charge in [0.05, 0.1) is 22.7 Å². The molecule has 0 bridgehead atoms. The molecule has 3 amide bonds. The quantitative estimate of drug-likeness (QED) is 0.408. The number of piperidine rings is 1. The summed E-state index contributed by atoms with van der Waals surface area (Å²) in [6.45, 7) is 3.98. The van der Waals surface area contributed by atoms with Crippen molar-refractivity contribution in [3.63, 3.8) is 0 Å². The minimum atomic E-state index is -0.505. The Kier molecular flexibility index (Phi) is 6.39. The molecule has 9 heteroatoms. The number of nitro groups is 1. The molecule has 172 valence electrons. The number of nitrogens with zero attached hydrogens (tertiary/aromatic N) is 3. The van der Waals surface area contributed by atoms with Crippen LogP contribution in [0.1, 0.15) is 48.5 Å². The number of anilines is 2. The first-order valence-electron chi connectivity index (χ1n) is 11.1. The molecule has 4 rings (SSSR count). The van der Waals surface area contributed by atoms with Gasteiger partial charge >= 0.3 is 0 Å². The Bertz CT molecular complexity index is 1070. The third kappa shape index (κ3) is 5.02. The fourth-order valence-corrected chi connectivity index (χ4v) is 4.22. The first kappa shape index (κ1) is 22.4. The van der Waals surface area contributed by atoms with E-state index >= 15 is 0 Å². The number of hydrogen-bond acceptors (Lipinski definition) is 6. The number of carbonyl (C=O) groups excluding carboxylic acids is 3. The average Bonchev–Trinajstić information content (AvgIpc) is 3.12. The number of hydrogen-bond donors (Lipinski definition) is 1. The zero-order chi connectivity index (χ0) is 23.5. The van der Waals surface area contributed by atoms with Crippen LogP contribution in [0.25, 0.3) is 0 Å². The Morgan fingerprint density at radius 2 is 1.70 bits per heavy atom. The second-order valence-corrected chi connectivity index (χ2v) is 8.65. The van der Waals surface area contributed by atoms with Crippen LogP contribution in [-0.4, -0.2) is 40.6 Å². The standard InChI is InChI=1S/C24H26N4O5/c1-16-10-12-26(13-11-16)21-7-6-19(28(32)33)14-20(21)24(31)25-18-4-2-17(3-5-18)15-27-22(29)8-9-23(27)30/h2-7,14,16H,8-13,15H2,1H3,(H,25,31). The van der Waals surface area contributed by atoms with Crippen molar-refractivity contribution in [2.75, 3.05) is 23.3 Å². The van der Waals surface area contributed by atoms with Gasteiger partial charge in [-0.3, -0.25) is 29.4 Å². The predicted molar refractivity (Wildman–Crippen MR) is 123 cm³/mol. The van der Waals surface area contributed by atoms with Gasteiger partial charge in [0.2, 0.25) is 11.8 Å². The topological polar surface area (TPSA) is 113 Å². The predicted octanol–water partition coefficient (Wildman–Crippen LogP) is 3.73. The largest absolute Gasteiger partial charge is 0.371 e. The number of amides is 3. The van der Waals surface area contributed by atoms with Crippen LogP contribution in [0.2, 0.25) is 0 Å². The first-order chi connectivity index (χ1) is 15.8. The summed E-state index contributed by atoms with van der Waals surface area (Å²) in [5.41, 5.74) is 2.11. The van der Waals surface area contributed by atoms with Crippen LogP contribution in [0.5, 0.6) is 0 Å². The number of nitrogens with one attached hydrogen (secondary N) is 1. The number of benzene rings is 2. The summed E-state index contributed by atoms with van der Waals surface area (Å²) in [7, 11) is 0. The van der Waals surface area contributed by atoms with E-state index in [9.17, 15) is 24.5 Å². The van der Waals surface area contributed by atoms with Crippen molar-refractivity contribution in [3.8, 4) is 0 Å². The molecule has 2 aromatic carbocycles. The fraction of sp³-hybridized carbons (Fsp3) is 0.375. The fourth-order valence-electron chi connectivity index (χ4n) is 4.22. The van der Waals surface area contributed by atoms with Crippen molar-refractivity contribution >= 4 is 34.8 Å². The molecule has 0 saturated carbocycles. The molecule has 2 heterocycles. The van der Waals surface area contributed by atoms with Crippen molar-refractivity contribution in [1.29, 1.82) is 0 Å². The van der Waals surface area contributed by atoms with E-state index in [1.54, 1.807) is 30.3 Å². The number of non-ortho nitro benzene ring substituents is 1. The molecule has 0 radical (unpaired) electrons. The van der Waals surface area contributed by atoms with Crippen molar-refractivity contribution in [3.05, 3.63) is 63.7 Å². The number of likely N-dealkylation sites (tertiary alicyclic amines) is 1. The zero-order valence-electron chi connectivity index (χ0n) is 18.5. The molecule has 0 aromatic heterocycles. The van der Waals surface area contributed by atoms with Gasteiger partial charge in [-0.2, -0.15) is 0 Å². The van der Waals surface area contributed by atoms with E-state index in [1.807, 2.05) is 0 Å². The molecule has 0 spiro atoms. The highest BCUT2D eigenvalue weighted by atomic mass is 16.6. The molecule has 2 aliphatic heterocycles. The highest BCUT2D eigenvalue weighted by molar-refractivity contribution is 6.08. The molecule has 0 aliphatic carbocycles. The second kappa shape index (κ2) is 9.40. The monoisotopic (exact) mass is 450 g/mol. The summed E-state index contributed by atoms with van der Waals surface area (Å²) in [6.07, 6.45) is 2.49. The van der Waals surface area contributed by atoms with Gasteiger partial charge in [0.1, 0.15) is 0 Å². The highest BCUT2D eigenvalue weighted by Crippen LogP contribution is 2.30. The smallest absolute Gasteiger partial charge is 0.270 e. The van der Waals surface area contributed by atoms with Gasteiger partial charge in [-0.25, -0.2) is 0 Å². The maximum atomic E-state index is 13.1. The summed E-state index contributed by atoms with van der Waals surface area (Å²) in [6, 6.07) is 11.3. The summed E-state index contributed by atoms with van der Waals surface area (Å²) < 4.78 is 0. The van der Waals surface area contributed by atoms with Crippen molar-refractivity contribution in [2.45, 2.75) is 39.2 Å². The molecule has 0 unspecified atom stereocenters. The van der Waals surface area contributed by atoms with Crippen LogP contribution in [0.3, 0.4) is 0 Å². The maximum absolute atomic E-state index is 13.1. The van der Waals surface area contributed by atoms with E-state index in [0.29, 0.717) is 17.3 Å². The van der Waals surface area contributed by atoms with Crippen LogP contribution >= 0.6 is 0 Å². The molecular weight excluding hydrogens is 424 g/mol. The number of rotatable bonds is 6. The van der Waals surface area contributed by atoms with E-state index < -0.39 is 10.8 Å². The van der Waals surface area contributed by atoms with Gasteiger partial charge in [-0.05, 0) is 42.5 Å². The molecule has 1 N–H and O–H groups in total. The van der Waals surface area contributed by atoms with Gasteiger partial charge in [-0.15, -0.1) is 0 Å². The van der Waals surface area contributed by atoms with Crippen LogP contribution in [0.4, 0.5) is 17.1 Å². The lowest BCUT2D eigenvalue weighted by Crippen LogP contribution is -2.34. The molecule has 2 saturated heterocycles. The van der Waals surface area contributed by atoms with Gasteiger partial charge < -0.3 is 10.2 Å². The van der Waals surface area contributed by atoms with Gasteiger partial charge in [0.25, 0.3) is 11.6 Å². The van der Waals surface area contributed by atoms with Crippen molar-refractivity contribution in [2.24, 2.45) is 5.92 Å². The number of nitro benzene ring substituents is 1. The minimum Gasteiger partial charge on any atom is -0.371 e. The molecular formula is C24H26N4O5. The second-order valence-electron chi connectivity index (χ2n) is 8.65. The Hall–Kier alpha value is -3.75. The van der Waals surface area contributed by atoms with Crippen molar-refractivity contribution in [1.82, 2.24) is 4.90 Å². The third-order valence-electron chi connectivity index (χ3n) is 6.27. The molecule has 0 atom stereocenters. The van der Waals surface area contributed by atoms with E-state index in [4.69, 9.17) is 0 Å². The molecule has 2 aliphatic rings. The normalized spacial score (nSPS) is 16.9. The Morgan fingerprint density at radius 3 is 2.30 bits per heavy atom. The SMILES string of the molecule is CC1CCN(c2ccc([N+](=O)[O-])cc2C(=O)Nc2ccc(CN3C(=O)CCC3=O)cc2)CC1. The summed E-state index contributed by atoms with van der Waals surface area (Å²) in [5, 5.41) is 14.1. The maximum Gasteiger partial charge on any atom is 0.270 e. The zero-order valence-corrected chi connectivity index (χ0v) is 18.5. The third-order valence-corrected chi connectivity index (χ3v) is 6.27. The molecule has 2 fully saturated rings. The summed E-state index contributed by atoms with van der Waals surface area (Å²) >= 11 is 0. The van der Waals surface area contributed by atoms with Crippen molar-refractivity contribution < 1.29 is 19.3 Å². The van der Waals surface area contributed by atoms with Gasteiger partial charge in [-0.1, -0.05) is 19.1 Å². The number of imide groups is 1. The lowest BCUT2D eigenvalue weighted by atomic mass is 9.98. The van der Waals surface area contributed by atoms with Crippen LogP contribution in [-0.2, 0) is 16.1 Å². The van der Waals surface area contributed by atoms with E-state index in [0.717, 1.165) is 31.5 Å². The Labute approximate surface area is 191 Å². The van der Waals surface area contributed by atoms with Crippen LogP contribution in [0, 0.1) is 16.0 Å². The first-order valence-corrected chi connectivity index (χ1v) is 11.1.